The minimum Gasteiger partial charge on any atom is -0.444 e. The lowest BCUT2D eigenvalue weighted by molar-refractivity contribution is -0.0611. The second kappa shape index (κ2) is 5.46. The molecule has 0 aromatic carbocycles. The Morgan fingerprint density at radius 3 is 2.63 bits per heavy atom. The van der Waals surface area contributed by atoms with Gasteiger partial charge in [-0.05, 0) is 40.7 Å². The number of ether oxygens (including phenoxy) is 2. The summed E-state index contributed by atoms with van der Waals surface area (Å²) in [5.74, 6) is -0.695. The standard InChI is InChI=1S/C13H22FNO4/c1-12(2,3)19-11(17)15-10(6-9(14)7-16)8-18-13(15,4)5/h6,10,16H,7-8H2,1-5H3/b9-6-/t10-/m0/s1. The van der Waals surface area contributed by atoms with Crippen LogP contribution < -0.4 is 0 Å². The molecule has 0 aromatic heterocycles. The van der Waals surface area contributed by atoms with Gasteiger partial charge in [0.15, 0.2) is 0 Å². The number of rotatable bonds is 2. The summed E-state index contributed by atoms with van der Waals surface area (Å²) in [6.07, 6.45) is 0.612. The number of hydrogen-bond acceptors (Lipinski definition) is 4. The van der Waals surface area contributed by atoms with Gasteiger partial charge in [0, 0.05) is 0 Å². The van der Waals surface area contributed by atoms with E-state index in [0.29, 0.717) is 0 Å². The highest BCUT2D eigenvalue weighted by atomic mass is 19.1. The highest BCUT2D eigenvalue weighted by molar-refractivity contribution is 5.70. The molecule has 1 fully saturated rings. The molecule has 1 saturated heterocycles. The van der Waals surface area contributed by atoms with Gasteiger partial charge in [-0.2, -0.15) is 0 Å². The van der Waals surface area contributed by atoms with Crippen molar-refractivity contribution in [1.82, 2.24) is 4.90 Å². The van der Waals surface area contributed by atoms with E-state index in [1.165, 1.54) is 11.0 Å². The smallest absolute Gasteiger partial charge is 0.413 e. The minimum atomic E-state index is -0.876. The number of halogens is 1. The molecule has 5 nitrogen and oxygen atoms in total. The zero-order valence-corrected chi connectivity index (χ0v) is 12.1. The second-order valence-corrected chi connectivity index (χ2v) is 5.95. The van der Waals surface area contributed by atoms with Crippen molar-refractivity contribution >= 4 is 6.09 Å². The number of hydrogen-bond donors (Lipinski definition) is 1. The van der Waals surface area contributed by atoms with Crippen LogP contribution in [0.15, 0.2) is 11.9 Å². The quantitative estimate of drug-likeness (QED) is 0.839. The van der Waals surface area contributed by atoms with Gasteiger partial charge in [-0.1, -0.05) is 0 Å². The number of amides is 1. The molecule has 0 spiro atoms. The summed E-state index contributed by atoms with van der Waals surface area (Å²) in [5, 5.41) is 8.72. The van der Waals surface area contributed by atoms with Crippen LogP contribution in [0.5, 0.6) is 0 Å². The topological polar surface area (TPSA) is 59.0 Å². The van der Waals surface area contributed by atoms with E-state index in [-0.39, 0.29) is 6.61 Å². The van der Waals surface area contributed by atoms with Crippen LogP contribution in [-0.4, -0.2) is 46.7 Å². The maximum atomic E-state index is 13.2. The van der Waals surface area contributed by atoms with Crippen molar-refractivity contribution in [1.29, 1.82) is 0 Å². The maximum absolute atomic E-state index is 13.2. The molecule has 1 aliphatic rings. The summed E-state index contributed by atoms with van der Waals surface area (Å²) in [7, 11) is 0. The van der Waals surface area contributed by atoms with E-state index < -0.39 is 35.9 Å². The molecular weight excluding hydrogens is 253 g/mol. The molecule has 1 rings (SSSR count). The van der Waals surface area contributed by atoms with Crippen LogP contribution in [0.3, 0.4) is 0 Å². The highest BCUT2D eigenvalue weighted by Gasteiger charge is 2.45. The Labute approximate surface area is 113 Å². The molecule has 1 N–H and O–H groups in total. The minimum absolute atomic E-state index is 0.166. The molecule has 1 aliphatic heterocycles. The summed E-state index contributed by atoms with van der Waals surface area (Å²) < 4.78 is 24.0. The van der Waals surface area contributed by atoms with Crippen LogP contribution in [-0.2, 0) is 9.47 Å². The van der Waals surface area contributed by atoms with Crippen molar-refractivity contribution in [3.8, 4) is 0 Å². The second-order valence-electron chi connectivity index (χ2n) is 5.95. The zero-order chi connectivity index (χ0) is 14.8. The summed E-state index contributed by atoms with van der Waals surface area (Å²) in [6, 6.07) is -0.586. The Hall–Kier alpha value is -1.14. The first-order valence-electron chi connectivity index (χ1n) is 6.20. The molecule has 0 bridgehead atoms. The molecule has 0 aromatic rings. The van der Waals surface area contributed by atoms with Crippen molar-refractivity contribution < 1.29 is 23.8 Å². The van der Waals surface area contributed by atoms with Gasteiger partial charge >= 0.3 is 6.09 Å². The summed E-state index contributed by atoms with van der Waals surface area (Å²) in [5.41, 5.74) is -1.52. The van der Waals surface area contributed by atoms with Crippen molar-refractivity contribution in [3.63, 3.8) is 0 Å². The summed E-state index contributed by atoms with van der Waals surface area (Å²) in [4.78, 5) is 13.5. The fourth-order valence-electron chi connectivity index (χ4n) is 1.88. The number of carbonyl (C=O) groups is 1. The lowest BCUT2D eigenvalue weighted by Crippen LogP contribution is -2.49. The van der Waals surface area contributed by atoms with E-state index >= 15 is 0 Å². The first-order chi connectivity index (χ1) is 8.57. The Morgan fingerprint density at radius 1 is 1.58 bits per heavy atom. The Kier molecular flexibility index (Phi) is 4.58. The zero-order valence-electron chi connectivity index (χ0n) is 12.1. The normalized spacial score (nSPS) is 23.6. The predicted octanol–water partition coefficient (Wildman–Crippen LogP) is 2.20. The van der Waals surface area contributed by atoms with Crippen LogP contribution in [0.2, 0.25) is 0 Å². The van der Waals surface area contributed by atoms with Gasteiger partial charge in [-0.25, -0.2) is 9.18 Å². The fraction of sp³-hybridized carbons (Fsp3) is 0.769. The molecule has 6 heteroatoms. The molecule has 19 heavy (non-hydrogen) atoms. The maximum Gasteiger partial charge on any atom is 0.413 e. The van der Waals surface area contributed by atoms with Gasteiger partial charge in [0.2, 0.25) is 0 Å². The lowest BCUT2D eigenvalue weighted by atomic mass is 10.2. The number of aliphatic hydroxyl groups is 1. The van der Waals surface area contributed by atoms with Crippen molar-refractivity contribution in [2.24, 2.45) is 0 Å². The molecule has 0 saturated carbocycles. The molecule has 1 amide bonds. The number of aliphatic hydroxyl groups excluding tert-OH is 1. The fourth-order valence-corrected chi connectivity index (χ4v) is 1.88. The predicted molar refractivity (Wildman–Crippen MR) is 68.2 cm³/mol. The van der Waals surface area contributed by atoms with Crippen molar-refractivity contribution in [3.05, 3.63) is 11.9 Å². The van der Waals surface area contributed by atoms with Gasteiger partial charge in [-0.3, -0.25) is 4.90 Å². The molecule has 110 valence electrons. The SMILES string of the molecule is CC(C)(C)OC(=O)N1[C@@H](/C=C(\F)CO)COC1(C)C. The average Bonchev–Trinajstić information content (AvgIpc) is 2.51. The van der Waals surface area contributed by atoms with Crippen LogP contribution >= 0.6 is 0 Å². The third-order valence-corrected chi connectivity index (χ3v) is 2.63. The third-order valence-electron chi connectivity index (χ3n) is 2.63. The van der Waals surface area contributed by atoms with Crippen molar-refractivity contribution in [2.75, 3.05) is 13.2 Å². The van der Waals surface area contributed by atoms with Crippen LogP contribution in [0.25, 0.3) is 0 Å². The Morgan fingerprint density at radius 2 is 2.16 bits per heavy atom. The molecule has 1 atom stereocenters. The molecule has 1 heterocycles. The van der Waals surface area contributed by atoms with E-state index in [2.05, 4.69) is 0 Å². The van der Waals surface area contributed by atoms with E-state index in [0.717, 1.165) is 0 Å². The van der Waals surface area contributed by atoms with Gasteiger partial charge in [0.25, 0.3) is 0 Å². The van der Waals surface area contributed by atoms with Gasteiger partial charge < -0.3 is 14.6 Å². The van der Waals surface area contributed by atoms with Gasteiger partial charge in [0.05, 0.1) is 19.3 Å². The van der Waals surface area contributed by atoms with E-state index in [1.807, 2.05) is 0 Å². The third kappa shape index (κ3) is 4.18. The monoisotopic (exact) mass is 275 g/mol. The van der Waals surface area contributed by atoms with Gasteiger partial charge in [0.1, 0.15) is 17.2 Å². The molecule has 0 unspecified atom stereocenters. The Balaban J connectivity index is 2.93. The summed E-state index contributed by atoms with van der Waals surface area (Å²) >= 11 is 0. The van der Waals surface area contributed by atoms with E-state index in [9.17, 15) is 9.18 Å². The largest absolute Gasteiger partial charge is 0.444 e. The molecular formula is C13H22FNO4. The lowest BCUT2D eigenvalue weighted by Gasteiger charge is -2.34. The summed E-state index contributed by atoms with van der Waals surface area (Å²) in [6.45, 7) is 8.16. The Bertz CT molecular complexity index is 373. The number of nitrogens with zero attached hydrogens (tertiary/aromatic N) is 1. The van der Waals surface area contributed by atoms with Crippen LogP contribution in [0, 0.1) is 0 Å². The molecule has 0 radical (unpaired) electrons. The first kappa shape index (κ1) is 15.9. The van der Waals surface area contributed by atoms with Crippen LogP contribution in [0.1, 0.15) is 34.6 Å². The van der Waals surface area contributed by atoms with Crippen molar-refractivity contribution in [2.45, 2.75) is 52.0 Å². The number of carbonyl (C=O) groups excluding carboxylic acids is 1. The average molecular weight is 275 g/mol. The highest BCUT2D eigenvalue weighted by Crippen LogP contribution is 2.30. The van der Waals surface area contributed by atoms with E-state index in [4.69, 9.17) is 14.6 Å². The molecule has 0 aliphatic carbocycles. The first-order valence-corrected chi connectivity index (χ1v) is 6.20. The van der Waals surface area contributed by atoms with E-state index in [1.54, 1.807) is 34.6 Å². The van der Waals surface area contributed by atoms with Gasteiger partial charge in [-0.15, -0.1) is 0 Å². The van der Waals surface area contributed by atoms with Crippen LogP contribution in [0.4, 0.5) is 9.18 Å².